The molecule has 2 N–H and O–H groups in total. The number of para-hydroxylation sites is 2. The molecule has 36 heavy (non-hydrogen) atoms. The number of ether oxygens (including phenoxy) is 2. The van der Waals surface area contributed by atoms with Crippen LogP contribution in [0.1, 0.15) is 35.9 Å². The zero-order chi connectivity index (χ0) is 24.5. The van der Waals surface area contributed by atoms with E-state index in [0.29, 0.717) is 6.42 Å². The van der Waals surface area contributed by atoms with Gasteiger partial charge in [-0.25, -0.2) is 0 Å². The molecule has 0 amide bonds. The Labute approximate surface area is 211 Å². The number of hydrogen-bond donors (Lipinski definition) is 2. The van der Waals surface area contributed by atoms with E-state index in [2.05, 4.69) is 58.0 Å². The van der Waals surface area contributed by atoms with Crippen molar-refractivity contribution in [2.24, 2.45) is 0 Å². The van der Waals surface area contributed by atoms with E-state index in [1.165, 1.54) is 5.69 Å². The van der Waals surface area contributed by atoms with Crippen molar-refractivity contribution in [3.05, 3.63) is 95.2 Å². The fraction of sp³-hybridized carbons (Fsp3) is 0.300. The molecule has 0 saturated carbocycles. The van der Waals surface area contributed by atoms with Crippen molar-refractivity contribution < 1.29 is 14.3 Å². The second-order valence-corrected chi connectivity index (χ2v) is 9.64. The van der Waals surface area contributed by atoms with Crippen LogP contribution in [0.3, 0.4) is 0 Å². The fourth-order valence-corrected chi connectivity index (χ4v) is 5.57. The van der Waals surface area contributed by atoms with Crippen LogP contribution in [0, 0.1) is 0 Å². The molecule has 6 rings (SSSR count). The highest BCUT2D eigenvalue weighted by Gasteiger charge is 2.36. The number of anilines is 3. The van der Waals surface area contributed by atoms with Crippen molar-refractivity contribution in [2.45, 2.75) is 24.8 Å². The van der Waals surface area contributed by atoms with E-state index in [4.69, 9.17) is 9.47 Å². The molecule has 6 nitrogen and oxygen atoms in total. The SMILES string of the molecule is COc1cccc(C2CC(=O)C3=C(C2)Nc2ccccc2NC3c2ccc(N3CCOCC3)cc2)c1. The molecular weight excluding hydrogens is 450 g/mol. The van der Waals surface area contributed by atoms with E-state index in [0.717, 1.165) is 72.2 Å². The molecule has 0 radical (unpaired) electrons. The normalized spacial score (nSPS) is 21.6. The summed E-state index contributed by atoms with van der Waals surface area (Å²) in [6.45, 7) is 3.32. The molecule has 2 atom stereocenters. The number of fused-ring (bicyclic) bond motifs is 1. The van der Waals surface area contributed by atoms with Crippen molar-refractivity contribution >= 4 is 22.8 Å². The van der Waals surface area contributed by atoms with Gasteiger partial charge in [-0.2, -0.15) is 0 Å². The average Bonchev–Trinajstić information content (AvgIpc) is 3.10. The maximum Gasteiger partial charge on any atom is 0.163 e. The molecule has 3 aromatic carbocycles. The van der Waals surface area contributed by atoms with Crippen LogP contribution in [0.4, 0.5) is 17.1 Å². The molecule has 3 aromatic rings. The van der Waals surface area contributed by atoms with Crippen LogP contribution in [0.2, 0.25) is 0 Å². The van der Waals surface area contributed by atoms with E-state index in [-0.39, 0.29) is 17.7 Å². The summed E-state index contributed by atoms with van der Waals surface area (Å²) in [5.41, 5.74) is 7.25. The van der Waals surface area contributed by atoms with E-state index in [1.54, 1.807) is 7.11 Å². The Bertz CT molecular complexity index is 1290. The lowest BCUT2D eigenvalue weighted by Crippen LogP contribution is -2.36. The standard InChI is InChI=1S/C30H31N3O3/c1-35-24-6-4-5-21(17-24)22-18-27-29(28(34)19-22)30(32-26-8-3-2-7-25(26)31-27)20-9-11-23(12-10-20)33-13-15-36-16-14-33/h2-12,17,22,30-32H,13-16,18-19H2,1H3. The third-order valence-corrected chi connectivity index (χ3v) is 7.48. The number of methoxy groups -OCH3 is 1. The highest BCUT2D eigenvalue weighted by molar-refractivity contribution is 6.01. The smallest absolute Gasteiger partial charge is 0.163 e. The van der Waals surface area contributed by atoms with Gasteiger partial charge in [-0.15, -0.1) is 0 Å². The van der Waals surface area contributed by atoms with Gasteiger partial charge >= 0.3 is 0 Å². The van der Waals surface area contributed by atoms with Crippen LogP contribution in [-0.2, 0) is 9.53 Å². The van der Waals surface area contributed by atoms with Gasteiger partial charge in [0.2, 0.25) is 0 Å². The molecule has 0 bridgehead atoms. The van der Waals surface area contributed by atoms with E-state index in [1.807, 2.05) is 30.3 Å². The number of hydrogen-bond acceptors (Lipinski definition) is 6. The summed E-state index contributed by atoms with van der Waals surface area (Å²) in [5, 5.41) is 7.31. The quantitative estimate of drug-likeness (QED) is 0.512. The lowest BCUT2D eigenvalue weighted by atomic mass is 9.78. The van der Waals surface area contributed by atoms with Crippen LogP contribution in [0.15, 0.2) is 84.1 Å². The zero-order valence-electron chi connectivity index (χ0n) is 20.5. The molecule has 2 aliphatic heterocycles. The first-order valence-corrected chi connectivity index (χ1v) is 12.6. The monoisotopic (exact) mass is 481 g/mol. The molecule has 6 heteroatoms. The molecule has 1 aliphatic carbocycles. The molecule has 2 unspecified atom stereocenters. The highest BCUT2D eigenvalue weighted by Crippen LogP contribution is 2.44. The van der Waals surface area contributed by atoms with Gasteiger partial charge in [0.05, 0.1) is 37.7 Å². The number of carbonyl (C=O) groups is 1. The number of nitrogens with one attached hydrogen (secondary N) is 2. The predicted octanol–water partition coefficient (Wildman–Crippen LogP) is 5.51. The predicted molar refractivity (Wildman–Crippen MR) is 143 cm³/mol. The van der Waals surface area contributed by atoms with Crippen molar-refractivity contribution in [3.63, 3.8) is 0 Å². The van der Waals surface area contributed by atoms with Crippen molar-refractivity contribution in [2.75, 3.05) is 48.9 Å². The minimum absolute atomic E-state index is 0.105. The number of allylic oxidation sites excluding steroid dienone is 1. The molecule has 184 valence electrons. The summed E-state index contributed by atoms with van der Waals surface area (Å²) < 4.78 is 10.9. The van der Waals surface area contributed by atoms with E-state index < -0.39 is 0 Å². The highest BCUT2D eigenvalue weighted by atomic mass is 16.5. The van der Waals surface area contributed by atoms with Gasteiger partial charge in [0.1, 0.15) is 5.75 Å². The first-order valence-electron chi connectivity index (χ1n) is 12.6. The van der Waals surface area contributed by atoms with Crippen LogP contribution in [0.5, 0.6) is 5.75 Å². The van der Waals surface area contributed by atoms with Gasteiger partial charge in [-0.05, 0) is 59.9 Å². The zero-order valence-corrected chi connectivity index (χ0v) is 20.5. The Morgan fingerprint density at radius 2 is 1.67 bits per heavy atom. The van der Waals surface area contributed by atoms with Gasteiger partial charge in [0.25, 0.3) is 0 Å². The molecule has 1 fully saturated rings. The molecule has 0 aromatic heterocycles. The third kappa shape index (κ3) is 4.33. The number of rotatable bonds is 4. The second kappa shape index (κ2) is 9.70. The summed E-state index contributed by atoms with van der Waals surface area (Å²) in [7, 11) is 1.68. The average molecular weight is 482 g/mol. The van der Waals surface area contributed by atoms with Gasteiger partial charge < -0.3 is 25.0 Å². The topological polar surface area (TPSA) is 62.8 Å². The van der Waals surface area contributed by atoms with Gasteiger partial charge in [0.15, 0.2) is 5.78 Å². The minimum Gasteiger partial charge on any atom is -0.497 e. The van der Waals surface area contributed by atoms with Crippen molar-refractivity contribution in [1.29, 1.82) is 0 Å². The second-order valence-electron chi connectivity index (χ2n) is 9.64. The third-order valence-electron chi connectivity index (χ3n) is 7.48. The minimum atomic E-state index is -0.214. The summed E-state index contributed by atoms with van der Waals surface area (Å²) in [5.74, 6) is 1.10. The lowest BCUT2D eigenvalue weighted by Gasteiger charge is -2.31. The Kier molecular flexibility index (Phi) is 6.11. The lowest BCUT2D eigenvalue weighted by molar-refractivity contribution is -0.116. The van der Waals surface area contributed by atoms with Crippen LogP contribution >= 0.6 is 0 Å². The maximum atomic E-state index is 13.8. The van der Waals surface area contributed by atoms with Crippen LogP contribution in [0.25, 0.3) is 0 Å². The number of nitrogens with zero attached hydrogens (tertiary/aromatic N) is 1. The van der Waals surface area contributed by atoms with Crippen molar-refractivity contribution in [1.82, 2.24) is 0 Å². The molecular formula is C30H31N3O3. The molecule has 2 heterocycles. The van der Waals surface area contributed by atoms with E-state index in [9.17, 15) is 4.79 Å². The Balaban J connectivity index is 1.37. The van der Waals surface area contributed by atoms with Crippen LogP contribution < -0.4 is 20.3 Å². The Morgan fingerprint density at radius 1 is 0.889 bits per heavy atom. The number of ketones is 1. The summed E-state index contributed by atoms with van der Waals surface area (Å²) in [6.07, 6.45) is 1.25. The molecule has 0 spiro atoms. The number of morpholine rings is 1. The molecule has 3 aliphatic rings. The summed E-state index contributed by atoms with van der Waals surface area (Å²) >= 11 is 0. The van der Waals surface area contributed by atoms with Crippen molar-refractivity contribution in [3.8, 4) is 5.75 Å². The number of Topliss-reactive ketones (excluding diaryl/α,β-unsaturated/α-hetero) is 1. The first kappa shape index (κ1) is 22.7. The fourth-order valence-electron chi connectivity index (χ4n) is 5.57. The van der Waals surface area contributed by atoms with Gasteiger partial charge in [-0.3, -0.25) is 4.79 Å². The largest absolute Gasteiger partial charge is 0.497 e. The van der Waals surface area contributed by atoms with E-state index >= 15 is 0 Å². The maximum absolute atomic E-state index is 13.8. The van der Waals surface area contributed by atoms with Gasteiger partial charge in [0, 0.05) is 36.5 Å². The summed E-state index contributed by atoms with van der Waals surface area (Å²) in [6, 6.07) is 24.7. The number of benzene rings is 3. The van der Waals surface area contributed by atoms with Crippen LogP contribution in [-0.4, -0.2) is 39.2 Å². The molecule has 1 saturated heterocycles. The Morgan fingerprint density at radius 3 is 2.44 bits per heavy atom. The number of carbonyl (C=O) groups excluding carboxylic acids is 1. The van der Waals surface area contributed by atoms with Gasteiger partial charge in [-0.1, -0.05) is 36.4 Å². The Hall–Kier alpha value is -3.77. The summed E-state index contributed by atoms with van der Waals surface area (Å²) in [4.78, 5) is 16.1. The first-order chi connectivity index (χ1) is 17.7.